The fourth-order valence-electron chi connectivity index (χ4n) is 3.37. The predicted octanol–water partition coefficient (Wildman–Crippen LogP) is 6.63. The van der Waals surface area contributed by atoms with Crippen LogP contribution in [0.2, 0.25) is 0 Å². The van der Waals surface area contributed by atoms with Crippen LogP contribution in [-0.2, 0) is 19.3 Å². The molecule has 3 rings (SSSR count). The minimum Gasteiger partial charge on any atom is -0.102 e. The van der Waals surface area contributed by atoms with Crippen molar-refractivity contribution in [2.24, 2.45) is 0 Å². The number of benzene rings is 3. The van der Waals surface area contributed by atoms with Crippen molar-refractivity contribution in [1.82, 2.24) is 0 Å². The molecule has 0 saturated carbocycles. The Kier molecular flexibility index (Phi) is 6.22. The lowest BCUT2D eigenvalue weighted by molar-refractivity contribution is 0.834. The van der Waals surface area contributed by atoms with Crippen LogP contribution in [0.4, 0.5) is 0 Å². The van der Waals surface area contributed by atoms with E-state index in [0.717, 1.165) is 19.3 Å². The third-order valence-electron chi connectivity index (χ3n) is 4.85. The van der Waals surface area contributed by atoms with Crippen LogP contribution < -0.4 is 0 Å². The molecule has 0 amide bonds. The SMILES string of the molecule is C=Cc1cccc(CCc2cccc(CC(C=C)c3ccccc3)c2)c1. The van der Waals surface area contributed by atoms with E-state index in [1.54, 1.807) is 0 Å². The van der Waals surface area contributed by atoms with Crippen LogP contribution in [0.5, 0.6) is 0 Å². The molecule has 0 fully saturated rings. The van der Waals surface area contributed by atoms with Crippen molar-refractivity contribution in [2.75, 3.05) is 0 Å². The molecular weight excluding hydrogens is 312 g/mol. The Hall–Kier alpha value is -2.86. The lowest BCUT2D eigenvalue weighted by Gasteiger charge is -2.14. The Balaban J connectivity index is 1.67. The van der Waals surface area contributed by atoms with Gasteiger partial charge in [0.25, 0.3) is 0 Å². The number of aryl methyl sites for hydroxylation is 2. The molecule has 0 aromatic heterocycles. The van der Waals surface area contributed by atoms with Gasteiger partial charge < -0.3 is 0 Å². The van der Waals surface area contributed by atoms with E-state index in [-0.39, 0.29) is 0 Å². The molecule has 0 N–H and O–H groups in total. The maximum absolute atomic E-state index is 4.04. The molecule has 0 spiro atoms. The van der Waals surface area contributed by atoms with Crippen LogP contribution in [0.1, 0.15) is 33.7 Å². The highest BCUT2D eigenvalue weighted by Gasteiger charge is 2.08. The molecule has 26 heavy (non-hydrogen) atoms. The molecule has 0 aliphatic rings. The summed E-state index contributed by atoms with van der Waals surface area (Å²) < 4.78 is 0. The first-order valence-corrected chi connectivity index (χ1v) is 9.25. The van der Waals surface area contributed by atoms with Crippen molar-refractivity contribution in [1.29, 1.82) is 0 Å². The Morgan fingerprint density at radius 2 is 1.35 bits per heavy atom. The van der Waals surface area contributed by atoms with E-state index in [4.69, 9.17) is 0 Å². The third-order valence-corrected chi connectivity index (χ3v) is 4.85. The van der Waals surface area contributed by atoms with E-state index in [1.165, 1.54) is 27.8 Å². The van der Waals surface area contributed by atoms with Gasteiger partial charge in [0.1, 0.15) is 0 Å². The summed E-state index contributed by atoms with van der Waals surface area (Å²) in [6, 6.07) is 28.2. The quantitative estimate of drug-likeness (QED) is 0.404. The molecule has 0 bridgehead atoms. The standard InChI is InChI=1S/C26H26/c1-3-21-10-8-11-22(18-21)16-17-23-12-9-13-24(19-23)20-25(4-2)26-14-6-5-7-15-26/h3-15,18-19,25H,1-2,16-17,20H2. The molecule has 0 aliphatic carbocycles. The first-order chi connectivity index (χ1) is 12.8. The fourth-order valence-corrected chi connectivity index (χ4v) is 3.37. The van der Waals surface area contributed by atoms with Gasteiger partial charge >= 0.3 is 0 Å². The third kappa shape index (κ3) is 4.83. The number of hydrogen-bond acceptors (Lipinski definition) is 0. The van der Waals surface area contributed by atoms with Gasteiger partial charge in [0.05, 0.1) is 0 Å². The molecule has 0 heteroatoms. The summed E-state index contributed by atoms with van der Waals surface area (Å²) in [6.45, 7) is 7.89. The topological polar surface area (TPSA) is 0 Å². The average Bonchev–Trinajstić information content (AvgIpc) is 2.71. The fraction of sp³-hybridized carbons (Fsp3) is 0.154. The maximum atomic E-state index is 4.04. The van der Waals surface area contributed by atoms with Crippen LogP contribution in [0.25, 0.3) is 6.08 Å². The zero-order valence-corrected chi connectivity index (χ0v) is 15.3. The highest BCUT2D eigenvalue weighted by Crippen LogP contribution is 2.22. The van der Waals surface area contributed by atoms with E-state index in [0.29, 0.717) is 5.92 Å². The summed E-state index contributed by atoms with van der Waals surface area (Å²) in [7, 11) is 0. The lowest BCUT2D eigenvalue weighted by Crippen LogP contribution is -2.00. The van der Waals surface area contributed by atoms with Gasteiger partial charge in [-0.25, -0.2) is 0 Å². The summed E-state index contributed by atoms with van der Waals surface area (Å²) in [4.78, 5) is 0. The van der Waals surface area contributed by atoms with Gasteiger partial charge in [0.15, 0.2) is 0 Å². The van der Waals surface area contributed by atoms with Crippen LogP contribution >= 0.6 is 0 Å². The molecule has 1 atom stereocenters. The first-order valence-electron chi connectivity index (χ1n) is 9.25. The van der Waals surface area contributed by atoms with E-state index in [9.17, 15) is 0 Å². The van der Waals surface area contributed by atoms with Crippen molar-refractivity contribution in [3.8, 4) is 0 Å². The number of allylic oxidation sites excluding steroid dienone is 1. The highest BCUT2D eigenvalue weighted by molar-refractivity contribution is 5.48. The normalized spacial score (nSPS) is 11.7. The summed E-state index contributed by atoms with van der Waals surface area (Å²) in [6.07, 6.45) is 7.06. The average molecular weight is 338 g/mol. The largest absolute Gasteiger partial charge is 0.102 e. The minimum absolute atomic E-state index is 0.357. The van der Waals surface area contributed by atoms with Gasteiger partial charge in [-0.2, -0.15) is 0 Å². The van der Waals surface area contributed by atoms with E-state index >= 15 is 0 Å². The lowest BCUT2D eigenvalue weighted by atomic mass is 9.91. The van der Waals surface area contributed by atoms with Crippen molar-refractivity contribution in [3.63, 3.8) is 0 Å². The number of rotatable bonds is 8. The van der Waals surface area contributed by atoms with Crippen LogP contribution in [0, 0.1) is 0 Å². The molecule has 3 aromatic carbocycles. The van der Waals surface area contributed by atoms with Crippen molar-refractivity contribution in [3.05, 3.63) is 126 Å². The summed E-state index contributed by atoms with van der Waals surface area (Å²) >= 11 is 0. The van der Waals surface area contributed by atoms with Gasteiger partial charge in [-0.15, -0.1) is 6.58 Å². The second-order valence-corrected chi connectivity index (χ2v) is 6.73. The smallest absolute Gasteiger partial charge is 0.00557 e. The highest BCUT2D eigenvalue weighted by atomic mass is 14.1. The van der Waals surface area contributed by atoms with Crippen LogP contribution in [0.3, 0.4) is 0 Å². The molecule has 1 unspecified atom stereocenters. The van der Waals surface area contributed by atoms with Crippen LogP contribution in [0.15, 0.2) is 98.1 Å². The van der Waals surface area contributed by atoms with Crippen molar-refractivity contribution < 1.29 is 0 Å². The Morgan fingerprint density at radius 3 is 2.04 bits per heavy atom. The Morgan fingerprint density at radius 1 is 0.692 bits per heavy atom. The molecule has 0 aliphatic heterocycles. The second-order valence-electron chi connectivity index (χ2n) is 6.73. The van der Waals surface area contributed by atoms with Crippen molar-refractivity contribution >= 4 is 6.08 Å². The van der Waals surface area contributed by atoms with E-state index < -0.39 is 0 Å². The summed E-state index contributed by atoms with van der Waals surface area (Å²) in [5.41, 5.74) is 6.64. The predicted molar refractivity (Wildman–Crippen MR) is 113 cm³/mol. The monoisotopic (exact) mass is 338 g/mol. The molecular formula is C26H26. The zero-order valence-electron chi connectivity index (χ0n) is 15.3. The Bertz CT molecular complexity index is 858. The second kappa shape index (κ2) is 9.01. The van der Waals surface area contributed by atoms with Crippen molar-refractivity contribution in [2.45, 2.75) is 25.2 Å². The van der Waals surface area contributed by atoms with Gasteiger partial charge in [0, 0.05) is 5.92 Å². The molecule has 130 valence electrons. The molecule has 0 nitrogen and oxygen atoms in total. The van der Waals surface area contributed by atoms with Crippen LogP contribution in [-0.4, -0.2) is 0 Å². The molecule has 0 heterocycles. The molecule has 0 saturated heterocycles. The van der Waals surface area contributed by atoms with E-state index in [1.807, 2.05) is 6.08 Å². The van der Waals surface area contributed by atoms with E-state index in [2.05, 4.69) is 98.1 Å². The van der Waals surface area contributed by atoms with Gasteiger partial charge in [-0.3, -0.25) is 0 Å². The minimum atomic E-state index is 0.357. The number of hydrogen-bond donors (Lipinski definition) is 0. The Labute approximate surface area is 157 Å². The van der Waals surface area contributed by atoms with Gasteiger partial charge in [0.2, 0.25) is 0 Å². The maximum Gasteiger partial charge on any atom is 0.00557 e. The van der Waals surface area contributed by atoms with Gasteiger partial charge in [-0.1, -0.05) is 97.6 Å². The summed E-state index contributed by atoms with van der Waals surface area (Å²) in [5.74, 6) is 0.357. The summed E-state index contributed by atoms with van der Waals surface area (Å²) in [5, 5.41) is 0. The zero-order chi connectivity index (χ0) is 18.2. The first kappa shape index (κ1) is 17.9. The molecule has 3 aromatic rings. The molecule has 0 radical (unpaired) electrons. The van der Waals surface area contributed by atoms with Gasteiger partial charge in [-0.05, 0) is 47.1 Å².